The van der Waals surface area contributed by atoms with E-state index in [4.69, 9.17) is 15.2 Å². The smallest absolute Gasteiger partial charge is 0.277 e. The molecule has 8 nitrogen and oxygen atoms in total. The minimum Gasteiger partial charge on any atom is -0.481 e. The van der Waals surface area contributed by atoms with Gasteiger partial charge in [-0.3, -0.25) is 10.1 Å². The highest BCUT2D eigenvalue weighted by Gasteiger charge is 2.13. The molecule has 100 valence electrons. The van der Waals surface area contributed by atoms with Gasteiger partial charge in [0.05, 0.1) is 20.3 Å². The lowest BCUT2D eigenvalue weighted by Gasteiger charge is -2.06. The molecule has 2 heterocycles. The number of amides is 1. The number of rotatable bonds is 4. The van der Waals surface area contributed by atoms with Gasteiger partial charge in [0.25, 0.3) is 5.91 Å². The summed E-state index contributed by atoms with van der Waals surface area (Å²) in [5, 5.41) is 4.35. The van der Waals surface area contributed by atoms with Crippen LogP contribution in [0.25, 0.3) is 0 Å². The molecule has 0 atom stereocenters. The fraction of sp³-hybridized carbons (Fsp3) is 0.200. The Morgan fingerprint density at radius 1 is 1.26 bits per heavy atom. The number of nitrogens with two attached hydrogens (primary N) is 1. The van der Waals surface area contributed by atoms with Gasteiger partial charge in [0.2, 0.25) is 17.7 Å². The van der Waals surface area contributed by atoms with Gasteiger partial charge in [-0.2, -0.15) is 9.97 Å². The first-order chi connectivity index (χ1) is 9.12. The minimum atomic E-state index is -0.455. The number of thiazole rings is 1. The number of hydrogen-bond donors (Lipinski definition) is 2. The second kappa shape index (κ2) is 5.48. The van der Waals surface area contributed by atoms with Gasteiger partial charge in [-0.05, 0) is 0 Å². The summed E-state index contributed by atoms with van der Waals surface area (Å²) in [6.45, 7) is 0. The van der Waals surface area contributed by atoms with E-state index in [1.54, 1.807) is 5.38 Å². The molecule has 0 radical (unpaired) electrons. The quantitative estimate of drug-likeness (QED) is 0.851. The van der Waals surface area contributed by atoms with Crippen LogP contribution in [0.15, 0.2) is 11.4 Å². The Morgan fingerprint density at radius 2 is 1.89 bits per heavy atom. The summed E-state index contributed by atoms with van der Waals surface area (Å²) in [6, 6.07) is 1.50. The zero-order valence-corrected chi connectivity index (χ0v) is 11.0. The fourth-order valence-corrected chi connectivity index (χ4v) is 1.77. The molecule has 2 rings (SSSR count). The molecular formula is C10H11N5O3S. The number of aromatic nitrogens is 3. The number of carbonyl (C=O) groups excluding carboxylic acids is 1. The van der Waals surface area contributed by atoms with Crippen LogP contribution < -0.4 is 20.5 Å². The molecule has 0 aliphatic carbocycles. The second-order valence-electron chi connectivity index (χ2n) is 3.30. The van der Waals surface area contributed by atoms with Crippen molar-refractivity contribution in [1.29, 1.82) is 0 Å². The maximum atomic E-state index is 11.8. The van der Waals surface area contributed by atoms with Gasteiger partial charge in [0.1, 0.15) is 5.69 Å². The van der Waals surface area contributed by atoms with E-state index in [1.807, 2.05) is 0 Å². The van der Waals surface area contributed by atoms with Crippen molar-refractivity contribution >= 4 is 28.3 Å². The summed E-state index contributed by atoms with van der Waals surface area (Å²) in [4.78, 5) is 23.6. The third kappa shape index (κ3) is 3.07. The van der Waals surface area contributed by atoms with Gasteiger partial charge in [-0.25, -0.2) is 4.98 Å². The third-order valence-electron chi connectivity index (χ3n) is 2.08. The van der Waals surface area contributed by atoms with Gasteiger partial charge < -0.3 is 15.2 Å². The van der Waals surface area contributed by atoms with E-state index in [2.05, 4.69) is 20.3 Å². The zero-order chi connectivity index (χ0) is 13.8. The highest BCUT2D eigenvalue weighted by atomic mass is 32.1. The lowest BCUT2D eigenvalue weighted by molar-refractivity contribution is 0.102. The molecule has 2 aromatic rings. The van der Waals surface area contributed by atoms with Crippen LogP contribution in [0.3, 0.4) is 0 Å². The Labute approximate surface area is 112 Å². The Hall–Kier alpha value is -2.42. The van der Waals surface area contributed by atoms with Gasteiger partial charge in [-0.1, -0.05) is 0 Å². The van der Waals surface area contributed by atoms with E-state index in [0.717, 1.165) is 0 Å². The van der Waals surface area contributed by atoms with Crippen LogP contribution in [0.1, 0.15) is 10.5 Å². The van der Waals surface area contributed by atoms with Crippen molar-refractivity contribution in [2.45, 2.75) is 0 Å². The third-order valence-corrected chi connectivity index (χ3v) is 2.75. The van der Waals surface area contributed by atoms with Crippen LogP contribution in [0.5, 0.6) is 11.8 Å². The van der Waals surface area contributed by atoms with Crippen molar-refractivity contribution in [1.82, 2.24) is 15.0 Å². The molecule has 2 aromatic heterocycles. The number of nitrogens with one attached hydrogen (secondary N) is 1. The van der Waals surface area contributed by atoms with Gasteiger partial charge in [0, 0.05) is 5.38 Å². The van der Waals surface area contributed by atoms with Crippen LogP contribution in [0, 0.1) is 0 Å². The molecule has 0 saturated carbocycles. The summed E-state index contributed by atoms with van der Waals surface area (Å²) in [6.07, 6.45) is 0. The normalized spacial score (nSPS) is 10.0. The maximum absolute atomic E-state index is 11.8. The Morgan fingerprint density at radius 3 is 2.37 bits per heavy atom. The molecule has 9 heteroatoms. The summed E-state index contributed by atoms with van der Waals surface area (Å²) < 4.78 is 9.95. The molecule has 0 aromatic carbocycles. The van der Waals surface area contributed by atoms with Crippen LogP contribution in [-0.2, 0) is 0 Å². The first-order valence-corrected chi connectivity index (χ1v) is 5.99. The van der Waals surface area contributed by atoms with Crippen LogP contribution >= 0.6 is 11.3 Å². The van der Waals surface area contributed by atoms with Crippen molar-refractivity contribution in [3.05, 3.63) is 17.1 Å². The first-order valence-electron chi connectivity index (χ1n) is 5.12. The average Bonchev–Trinajstić information content (AvgIpc) is 2.85. The number of nitrogens with zero attached hydrogens (tertiary/aromatic N) is 3. The molecule has 0 bridgehead atoms. The SMILES string of the molecule is COc1cc(OC)nc(NC(=O)c2csc(N)n2)n1. The topological polar surface area (TPSA) is 112 Å². The summed E-state index contributed by atoms with van der Waals surface area (Å²) in [5.41, 5.74) is 5.66. The van der Waals surface area contributed by atoms with Crippen molar-refractivity contribution < 1.29 is 14.3 Å². The fourth-order valence-electron chi connectivity index (χ4n) is 1.23. The van der Waals surface area contributed by atoms with E-state index in [1.165, 1.54) is 31.6 Å². The van der Waals surface area contributed by atoms with Crippen molar-refractivity contribution in [2.24, 2.45) is 0 Å². The molecule has 1 amide bonds. The van der Waals surface area contributed by atoms with E-state index < -0.39 is 5.91 Å². The molecule has 0 spiro atoms. The predicted octanol–water partition coefficient (Wildman–Crippen LogP) is 0.785. The van der Waals surface area contributed by atoms with E-state index in [9.17, 15) is 4.79 Å². The first kappa shape index (κ1) is 13.0. The number of hydrogen-bond acceptors (Lipinski definition) is 8. The van der Waals surface area contributed by atoms with Crippen molar-refractivity contribution in [2.75, 3.05) is 25.3 Å². The van der Waals surface area contributed by atoms with E-state index in [-0.39, 0.29) is 23.4 Å². The Balaban J connectivity index is 2.20. The van der Waals surface area contributed by atoms with Gasteiger partial charge in [0.15, 0.2) is 5.13 Å². The highest BCUT2D eigenvalue weighted by Crippen LogP contribution is 2.18. The largest absolute Gasteiger partial charge is 0.481 e. The zero-order valence-electron chi connectivity index (χ0n) is 10.2. The number of anilines is 2. The molecule has 0 aliphatic heterocycles. The molecule has 0 saturated heterocycles. The number of nitrogen functional groups attached to an aromatic ring is 1. The Bertz CT molecular complexity index is 578. The average molecular weight is 281 g/mol. The monoisotopic (exact) mass is 281 g/mol. The van der Waals surface area contributed by atoms with Crippen molar-refractivity contribution in [3.63, 3.8) is 0 Å². The van der Waals surface area contributed by atoms with E-state index >= 15 is 0 Å². The maximum Gasteiger partial charge on any atom is 0.277 e. The van der Waals surface area contributed by atoms with Crippen LogP contribution in [0.2, 0.25) is 0 Å². The van der Waals surface area contributed by atoms with Crippen molar-refractivity contribution in [3.8, 4) is 11.8 Å². The molecule has 19 heavy (non-hydrogen) atoms. The lowest BCUT2D eigenvalue weighted by atomic mass is 10.4. The number of ether oxygens (including phenoxy) is 2. The minimum absolute atomic E-state index is 0.0628. The predicted molar refractivity (Wildman–Crippen MR) is 69.6 cm³/mol. The summed E-state index contributed by atoms with van der Waals surface area (Å²) >= 11 is 1.17. The molecule has 3 N–H and O–H groups in total. The molecule has 0 aliphatic rings. The molecule has 0 fully saturated rings. The number of carbonyl (C=O) groups is 1. The highest BCUT2D eigenvalue weighted by molar-refractivity contribution is 7.13. The van der Waals surface area contributed by atoms with Crippen LogP contribution in [-0.4, -0.2) is 35.1 Å². The Kier molecular flexibility index (Phi) is 3.76. The van der Waals surface area contributed by atoms with Crippen LogP contribution in [0.4, 0.5) is 11.1 Å². The van der Waals surface area contributed by atoms with Gasteiger partial charge >= 0.3 is 0 Å². The molecular weight excluding hydrogens is 270 g/mol. The lowest BCUT2D eigenvalue weighted by Crippen LogP contribution is -2.15. The summed E-state index contributed by atoms with van der Waals surface area (Å²) in [5.74, 6) is 0.163. The number of methoxy groups -OCH3 is 2. The standard InChI is InChI=1S/C10H11N5O3S/c1-17-6-3-7(18-2)14-10(13-6)15-8(16)5-4-19-9(11)12-5/h3-4H,1-2H3,(H2,11,12)(H,13,14,15,16). The van der Waals surface area contributed by atoms with Gasteiger partial charge in [-0.15, -0.1) is 11.3 Å². The second-order valence-corrected chi connectivity index (χ2v) is 4.19. The van der Waals surface area contributed by atoms with E-state index in [0.29, 0.717) is 5.13 Å². The molecule has 0 unspecified atom stereocenters. The summed E-state index contributed by atoms with van der Waals surface area (Å²) in [7, 11) is 2.91.